The lowest BCUT2D eigenvalue weighted by Gasteiger charge is -2.31. The predicted octanol–water partition coefficient (Wildman–Crippen LogP) is 3.64. The van der Waals surface area contributed by atoms with Crippen LogP contribution >= 0.6 is 0 Å². The van der Waals surface area contributed by atoms with Crippen LogP contribution in [-0.2, 0) is 13.0 Å². The first kappa shape index (κ1) is 17.3. The van der Waals surface area contributed by atoms with Crippen LogP contribution < -0.4 is 10.2 Å². The molecule has 0 saturated heterocycles. The van der Waals surface area contributed by atoms with Crippen LogP contribution in [0, 0.1) is 26.7 Å². The Hall–Kier alpha value is -3.09. The molecule has 0 amide bonds. The lowest BCUT2D eigenvalue weighted by Crippen LogP contribution is -2.32. The summed E-state index contributed by atoms with van der Waals surface area (Å²) in [5.74, 6) is 1.22. The maximum atomic E-state index is 13.8. The molecule has 0 aliphatic carbocycles. The summed E-state index contributed by atoms with van der Waals surface area (Å²) in [4.78, 5) is 19.6. The van der Waals surface area contributed by atoms with Gasteiger partial charge in [-0.15, -0.1) is 0 Å². The zero-order chi connectivity index (χ0) is 19.0. The van der Waals surface area contributed by atoms with Crippen molar-refractivity contribution in [3.8, 4) is 0 Å². The number of nitrogens with zero attached hydrogens (tertiary/aromatic N) is 5. The molecule has 0 saturated carbocycles. The van der Waals surface area contributed by atoms with Crippen LogP contribution in [0.3, 0.4) is 0 Å². The highest BCUT2D eigenvalue weighted by molar-refractivity contribution is 5.60. The smallest absolute Gasteiger partial charge is 0.236 e. The molecule has 3 aromatic heterocycles. The third-order valence-corrected chi connectivity index (χ3v) is 4.85. The van der Waals surface area contributed by atoms with Gasteiger partial charge in [-0.05, 0) is 44.5 Å². The second kappa shape index (κ2) is 6.90. The molecule has 4 rings (SSSR count). The second-order valence-corrected chi connectivity index (χ2v) is 6.77. The Morgan fingerprint density at radius 3 is 2.81 bits per heavy atom. The molecule has 27 heavy (non-hydrogen) atoms. The van der Waals surface area contributed by atoms with Crippen molar-refractivity contribution in [2.75, 3.05) is 16.8 Å². The third-order valence-electron chi connectivity index (χ3n) is 4.85. The van der Waals surface area contributed by atoms with Gasteiger partial charge in [-0.1, -0.05) is 0 Å². The summed E-state index contributed by atoms with van der Waals surface area (Å²) < 4.78 is 13.8. The highest BCUT2D eigenvalue weighted by Gasteiger charge is 2.21. The van der Waals surface area contributed by atoms with Crippen LogP contribution in [0.25, 0.3) is 0 Å². The van der Waals surface area contributed by atoms with Gasteiger partial charge in [0.05, 0.1) is 17.6 Å². The molecule has 0 radical (unpaired) electrons. The maximum Gasteiger partial charge on any atom is 0.236 e. The van der Waals surface area contributed by atoms with Crippen molar-refractivity contribution in [1.82, 2.24) is 19.9 Å². The minimum atomic E-state index is -0.528. The summed E-state index contributed by atoms with van der Waals surface area (Å²) in [6, 6.07) is 5.38. The van der Waals surface area contributed by atoms with E-state index in [1.54, 1.807) is 18.3 Å². The molecule has 1 aliphatic heterocycles. The first-order valence-corrected chi connectivity index (χ1v) is 8.93. The van der Waals surface area contributed by atoms with Gasteiger partial charge in [-0.25, -0.2) is 15.0 Å². The van der Waals surface area contributed by atoms with Gasteiger partial charge in [-0.3, -0.25) is 4.98 Å². The molecule has 1 N–H and O–H groups in total. The topological polar surface area (TPSA) is 66.8 Å². The Morgan fingerprint density at radius 2 is 2.00 bits per heavy atom. The highest BCUT2D eigenvalue weighted by atomic mass is 19.1. The summed E-state index contributed by atoms with van der Waals surface area (Å²) in [6.45, 7) is 7.56. The molecule has 0 atom stereocenters. The fourth-order valence-corrected chi connectivity index (χ4v) is 3.37. The summed E-state index contributed by atoms with van der Waals surface area (Å²) in [5, 5.41) is 3.06. The van der Waals surface area contributed by atoms with E-state index in [1.165, 1.54) is 6.20 Å². The molecule has 0 aromatic carbocycles. The van der Waals surface area contributed by atoms with Crippen molar-refractivity contribution >= 4 is 17.2 Å². The highest BCUT2D eigenvalue weighted by Crippen LogP contribution is 2.28. The molecule has 0 bridgehead atoms. The van der Waals surface area contributed by atoms with E-state index in [0.29, 0.717) is 12.2 Å². The van der Waals surface area contributed by atoms with Gasteiger partial charge >= 0.3 is 0 Å². The largest absolute Gasteiger partial charge is 0.351 e. The van der Waals surface area contributed by atoms with Gasteiger partial charge in [0.2, 0.25) is 5.95 Å². The van der Waals surface area contributed by atoms with E-state index in [2.05, 4.69) is 37.1 Å². The van der Waals surface area contributed by atoms with Crippen molar-refractivity contribution < 1.29 is 4.39 Å². The zero-order valence-electron chi connectivity index (χ0n) is 15.6. The van der Waals surface area contributed by atoms with Gasteiger partial charge in [0, 0.05) is 42.7 Å². The minimum absolute atomic E-state index is 0.338. The van der Waals surface area contributed by atoms with E-state index in [9.17, 15) is 4.39 Å². The Morgan fingerprint density at radius 1 is 1.15 bits per heavy atom. The van der Waals surface area contributed by atoms with Crippen molar-refractivity contribution in [1.29, 1.82) is 0 Å². The Balaban J connectivity index is 1.62. The molecule has 7 heteroatoms. The number of nitrogens with one attached hydrogen (secondary N) is 1. The molecule has 6 nitrogen and oxygen atoms in total. The maximum absolute atomic E-state index is 13.8. The molecule has 0 unspecified atom stereocenters. The Kier molecular flexibility index (Phi) is 4.43. The first-order valence-electron chi connectivity index (χ1n) is 8.93. The fraction of sp³-hybridized carbons (Fsp3) is 0.300. The Bertz CT molecular complexity index is 1000. The molecule has 3 aromatic rings. The van der Waals surface area contributed by atoms with Gasteiger partial charge in [-0.2, -0.15) is 4.39 Å². The molecule has 4 heterocycles. The average Bonchev–Trinajstić information content (AvgIpc) is 2.66. The van der Waals surface area contributed by atoms with Gasteiger partial charge < -0.3 is 10.2 Å². The van der Waals surface area contributed by atoms with Crippen molar-refractivity contribution in [3.05, 3.63) is 64.9 Å². The second-order valence-electron chi connectivity index (χ2n) is 6.77. The Labute approximate surface area is 157 Å². The van der Waals surface area contributed by atoms with Crippen molar-refractivity contribution in [2.24, 2.45) is 0 Å². The third kappa shape index (κ3) is 3.45. The van der Waals surface area contributed by atoms with Gasteiger partial charge in [0.25, 0.3) is 0 Å². The number of pyridine rings is 2. The summed E-state index contributed by atoms with van der Waals surface area (Å²) in [7, 11) is 0. The van der Waals surface area contributed by atoms with Gasteiger partial charge in [0.1, 0.15) is 11.6 Å². The number of hydrogen-bond donors (Lipinski definition) is 1. The van der Waals surface area contributed by atoms with Crippen LogP contribution in [0.15, 0.2) is 30.6 Å². The molecular formula is C20H21FN6. The standard InChI is InChI=1S/C20H21FN6/c1-12-13(2)24-14(3)25-20(12)27-8-6-17-15(11-27)9-16(10-23-17)26-18-5-4-7-22-19(18)21/h4-5,7,9-10,26H,6,8,11H2,1-3H3. The van der Waals surface area contributed by atoms with E-state index in [0.717, 1.165) is 52.8 Å². The molecule has 0 spiro atoms. The number of hydrogen-bond acceptors (Lipinski definition) is 6. The van der Waals surface area contributed by atoms with Crippen LogP contribution in [0.5, 0.6) is 0 Å². The summed E-state index contributed by atoms with van der Waals surface area (Å²) in [5.41, 5.74) is 5.37. The van der Waals surface area contributed by atoms with Crippen LogP contribution in [-0.4, -0.2) is 26.5 Å². The quantitative estimate of drug-likeness (QED) is 0.716. The summed E-state index contributed by atoms with van der Waals surface area (Å²) >= 11 is 0. The molecule has 1 aliphatic rings. The molecule has 138 valence electrons. The van der Waals surface area contributed by atoms with Crippen molar-refractivity contribution in [2.45, 2.75) is 33.7 Å². The minimum Gasteiger partial charge on any atom is -0.351 e. The van der Waals surface area contributed by atoms with Crippen molar-refractivity contribution in [3.63, 3.8) is 0 Å². The van der Waals surface area contributed by atoms with E-state index in [1.807, 2.05) is 19.9 Å². The zero-order valence-corrected chi connectivity index (χ0v) is 15.6. The monoisotopic (exact) mass is 364 g/mol. The average molecular weight is 364 g/mol. The molecular weight excluding hydrogens is 343 g/mol. The van der Waals surface area contributed by atoms with E-state index in [-0.39, 0.29) is 0 Å². The fourth-order valence-electron chi connectivity index (χ4n) is 3.37. The number of fused-ring (bicyclic) bond motifs is 1. The van der Waals surface area contributed by atoms with Crippen LogP contribution in [0.2, 0.25) is 0 Å². The van der Waals surface area contributed by atoms with E-state index < -0.39 is 5.95 Å². The first-order chi connectivity index (χ1) is 13.0. The summed E-state index contributed by atoms with van der Waals surface area (Å²) in [6.07, 6.45) is 4.01. The SMILES string of the molecule is Cc1nc(C)c(C)c(N2CCc3ncc(Nc4cccnc4F)cc3C2)n1. The van der Waals surface area contributed by atoms with E-state index in [4.69, 9.17) is 0 Å². The van der Waals surface area contributed by atoms with Gasteiger partial charge in [0.15, 0.2) is 0 Å². The lowest BCUT2D eigenvalue weighted by molar-refractivity contribution is 0.588. The lowest BCUT2D eigenvalue weighted by atomic mass is 10.0. The number of aryl methyl sites for hydroxylation is 2. The number of rotatable bonds is 3. The number of anilines is 3. The normalized spacial score (nSPS) is 13.4. The van der Waals surface area contributed by atoms with Crippen LogP contribution in [0.4, 0.5) is 21.6 Å². The number of halogens is 1. The predicted molar refractivity (Wildman–Crippen MR) is 103 cm³/mol. The van der Waals surface area contributed by atoms with Crippen LogP contribution in [0.1, 0.15) is 28.3 Å². The molecule has 0 fully saturated rings. The number of aromatic nitrogens is 4. The van der Waals surface area contributed by atoms with E-state index >= 15 is 0 Å².